The smallest absolute Gasteiger partial charge is 0.279 e. The molecule has 0 aliphatic carbocycles. The van der Waals surface area contributed by atoms with Gasteiger partial charge in [0, 0.05) is 20.6 Å². The summed E-state index contributed by atoms with van der Waals surface area (Å²) in [7, 11) is 5.79. The first kappa shape index (κ1) is 18.6. The highest BCUT2D eigenvalue weighted by Gasteiger charge is 2.19. The summed E-state index contributed by atoms with van der Waals surface area (Å²) in [6.07, 6.45) is 0. The van der Waals surface area contributed by atoms with Crippen LogP contribution in [0.1, 0.15) is 15.9 Å². The second-order valence-electron chi connectivity index (χ2n) is 6.52. The molecule has 0 aliphatic rings. The number of anilines is 1. The zero-order chi connectivity index (χ0) is 17.9. The molecule has 2 aromatic carbocycles. The van der Waals surface area contributed by atoms with E-state index in [1.807, 2.05) is 21.1 Å². The third-order valence-corrected chi connectivity index (χ3v) is 3.97. The molecule has 4 nitrogen and oxygen atoms in total. The molecule has 24 heavy (non-hydrogen) atoms. The SMILES string of the molecule is C[N+](C)(C)CC(=O)Nc1ccc(Br)cc1C(=O)c1ccc(Cl)cc1. The molecule has 2 rings (SSSR count). The lowest BCUT2D eigenvalue weighted by molar-refractivity contribution is -0.861. The van der Waals surface area contributed by atoms with E-state index in [0.717, 1.165) is 4.47 Å². The van der Waals surface area contributed by atoms with Gasteiger partial charge in [0.1, 0.15) is 0 Å². The molecule has 0 fully saturated rings. The molecule has 0 bridgehead atoms. The van der Waals surface area contributed by atoms with Crippen LogP contribution in [0.5, 0.6) is 0 Å². The van der Waals surface area contributed by atoms with Gasteiger partial charge < -0.3 is 9.80 Å². The van der Waals surface area contributed by atoms with Gasteiger partial charge in [0.05, 0.1) is 26.8 Å². The summed E-state index contributed by atoms with van der Waals surface area (Å²) >= 11 is 9.25. The molecular weight excluding hydrogens is 392 g/mol. The van der Waals surface area contributed by atoms with Gasteiger partial charge in [-0.15, -0.1) is 0 Å². The summed E-state index contributed by atoms with van der Waals surface area (Å²) in [4.78, 5) is 25.0. The monoisotopic (exact) mass is 409 g/mol. The number of likely N-dealkylation sites (N-methyl/N-ethyl adjacent to an activating group) is 1. The summed E-state index contributed by atoms with van der Waals surface area (Å²) in [5.41, 5.74) is 1.44. The Morgan fingerprint density at radius 1 is 1.08 bits per heavy atom. The van der Waals surface area contributed by atoms with Gasteiger partial charge in [-0.1, -0.05) is 27.5 Å². The highest BCUT2D eigenvalue weighted by molar-refractivity contribution is 9.10. The van der Waals surface area contributed by atoms with Gasteiger partial charge in [0.2, 0.25) is 0 Å². The second kappa shape index (κ2) is 7.47. The number of hydrogen-bond acceptors (Lipinski definition) is 2. The van der Waals surface area contributed by atoms with Gasteiger partial charge in [0.15, 0.2) is 12.3 Å². The Labute approximate surface area is 155 Å². The number of quaternary nitrogens is 1. The van der Waals surface area contributed by atoms with Crippen molar-refractivity contribution in [3.05, 3.63) is 63.1 Å². The Kier molecular flexibility index (Phi) is 5.80. The minimum absolute atomic E-state index is 0.144. The first-order chi connectivity index (χ1) is 11.2. The standard InChI is InChI=1S/C18H18BrClN2O2/c1-22(2,3)11-17(23)21-16-9-6-13(19)10-15(16)18(24)12-4-7-14(20)8-5-12/h4-10H,11H2,1-3H3/p+1. The molecule has 0 radical (unpaired) electrons. The summed E-state index contributed by atoms with van der Waals surface area (Å²) in [6.45, 7) is 0.310. The number of carbonyl (C=O) groups excluding carboxylic acids is 2. The van der Waals surface area contributed by atoms with Crippen molar-refractivity contribution in [1.82, 2.24) is 0 Å². The van der Waals surface area contributed by atoms with Gasteiger partial charge in [-0.2, -0.15) is 0 Å². The van der Waals surface area contributed by atoms with E-state index in [1.54, 1.807) is 42.5 Å². The molecule has 0 saturated carbocycles. The van der Waals surface area contributed by atoms with Crippen molar-refractivity contribution < 1.29 is 14.1 Å². The van der Waals surface area contributed by atoms with E-state index in [1.165, 1.54) is 0 Å². The van der Waals surface area contributed by atoms with E-state index >= 15 is 0 Å². The fourth-order valence-corrected chi connectivity index (χ4v) is 2.68. The number of halogens is 2. The van der Waals surface area contributed by atoms with Gasteiger partial charge in [-0.25, -0.2) is 0 Å². The fraction of sp³-hybridized carbons (Fsp3) is 0.222. The van der Waals surface area contributed by atoms with Crippen LogP contribution < -0.4 is 5.32 Å². The molecule has 2 aromatic rings. The van der Waals surface area contributed by atoms with Gasteiger partial charge in [-0.05, 0) is 42.5 Å². The molecule has 0 aromatic heterocycles. The Hall–Kier alpha value is -1.69. The molecule has 0 spiro atoms. The highest BCUT2D eigenvalue weighted by Crippen LogP contribution is 2.24. The Morgan fingerprint density at radius 2 is 1.71 bits per heavy atom. The molecule has 0 atom stereocenters. The Bertz CT molecular complexity index is 768. The zero-order valence-corrected chi connectivity index (χ0v) is 16.1. The molecular formula is C18H19BrClN2O2+. The largest absolute Gasteiger partial charge is 0.323 e. The van der Waals surface area contributed by atoms with Crippen LogP contribution in [-0.2, 0) is 4.79 Å². The number of nitrogens with one attached hydrogen (secondary N) is 1. The summed E-state index contributed by atoms with van der Waals surface area (Å²) in [5, 5.41) is 3.40. The van der Waals surface area contributed by atoms with E-state index in [9.17, 15) is 9.59 Å². The number of hydrogen-bond donors (Lipinski definition) is 1. The van der Waals surface area contributed by atoms with Crippen molar-refractivity contribution in [2.45, 2.75) is 0 Å². The third kappa shape index (κ3) is 5.16. The molecule has 6 heteroatoms. The van der Waals surface area contributed by atoms with Crippen molar-refractivity contribution in [3.63, 3.8) is 0 Å². The summed E-state index contributed by atoms with van der Waals surface area (Å²) < 4.78 is 1.27. The lowest BCUT2D eigenvalue weighted by atomic mass is 10.0. The number of rotatable bonds is 5. The lowest BCUT2D eigenvalue weighted by Gasteiger charge is -2.23. The maximum Gasteiger partial charge on any atom is 0.279 e. The van der Waals surface area contributed by atoms with Crippen LogP contribution in [0.3, 0.4) is 0 Å². The number of ketones is 1. The van der Waals surface area contributed by atoms with E-state index in [4.69, 9.17) is 11.6 Å². The Balaban J connectivity index is 2.32. The molecule has 1 amide bonds. The van der Waals surface area contributed by atoms with Gasteiger partial charge in [-0.3, -0.25) is 9.59 Å². The minimum Gasteiger partial charge on any atom is -0.323 e. The normalized spacial score (nSPS) is 11.2. The van der Waals surface area contributed by atoms with E-state index in [2.05, 4.69) is 21.2 Å². The molecule has 0 heterocycles. The van der Waals surface area contributed by atoms with Crippen LogP contribution in [-0.4, -0.2) is 43.9 Å². The number of benzene rings is 2. The second-order valence-corrected chi connectivity index (χ2v) is 7.87. The van der Waals surface area contributed by atoms with Crippen LogP contribution in [0.15, 0.2) is 46.9 Å². The van der Waals surface area contributed by atoms with Crippen LogP contribution in [0.2, 0.25) is 5.02 Å². The van der Waals surface area contributed by atoms with Gasteiger partial charge in [0.25, 0.3) is 5.91 Å². The molecule has 126 valence electrons. The number of nitrogens with zero attached hydrogens (tertiary/aromatic N) is 1. The van der Waals surface area contributed by atoms with Crippen molar-refractivity contribution in [2.24, 2.45) is 0 Å². The van der Waals surface area contributed by atoms with Crippen LogP contribution in [0, 0.1) is 0 Å². The predicted octanol–water partition coefficient (Wildman–Crippen LogP) is 3.98. The van der Waals surface area contributed by atoms with Crippen molar-refractivity contribution in [1.29, 1.82) is 0 Å². The van der Waals surface area contributed by atoms with Crippen molar-refractivity contribution >= 4 is 44.9 Å². The summed E-state index contributed by atoms with van der Waals surface area (Å²) in [6, 6.07) is 11.9. The maximum atomic E-state index is 12.8. The molecule has 0 unspecified atom stereocenters. The molecule has 1 N–H and O–H groups in total. The van der Waals surface area contributed by atoms with Crippen LogP contribution in [0.25, 0.3) is 0 Å². The first-order valence-electron chi connectivity index (χ1n) is 7.36. The van der Waals surface area contributed by atoms with Crippen LogP contribution in [0.4, 0.5) is 5.69 Å². The fourth-order valence-electron chi connectivity index (χ4n) is 2.19. The first-order valence-corrected chi connectivity index (χ1v) is 8.53. The van der Waals surface area contributed by atoms with Gasteiger partial charge >= 0.3 is 0 Å². The number of carbonyl (C=O) groups is 2. The Morgan fingerprint density at radius 3 is 2.29 bits per heavy atom. The number of amides is 1. The molecule has 0 saturated heterocycles. The van der Waals surface area contributed by atoms with Crippen molar-refractivity contribution in [2.75, 3.05) is 33.0 Å². The zero-order valence-electron chi connectivity index (χ0n) is 13.8. The third-order valence-electron chi connectivity index (χ3n) is 3.22. The quantitative estimate of drug-likeness (QED) is 0.599. The van der Waals surface area contributed by atoms with Crippen LogP contribution >= 0.6 is 27.5 Å². The predicted molar refractivity (Wildman–Crippen MR) is 101 cm³/mol. The van der Waals surface area contributed by atoms with E-state index in [-0.39, 0.29) is 11.7 Å². The van der Waals surface area contributed by atoms with E-state index < -0.39 is 0 Å². The average molecular weight is 411 g/mol. The average Bonchev–Trinajstić information content (AvgIpc) is 2.47. The minimum atomic E-state index is -0.173. The molecule has 0 aliphatic heterocycles. The topological polar surface area (TPSA) is 46.2 Å². The van der Waals surface area contributed by atoms with Crippen molar-refractivity contribution in [3.8, 4) is 0 Å². The lowest BCUT2D eigenvalue weighted by Crippen LogP contribution is -2.41. The van der Waals surface area contributed by atoms with E-state index in [0.29, 0.717) is 32.9 Å². The maximum absolute atomic E-state index is 12.8. The summed E-state index contributed by atoms with van der Waals surface area (Å²) in [5.74, 6) is -0.316. The highest BCUT2D eigenvalue weighted by atomic mass is 79.9.